The van der Waals surface area contributed by atoms with E-state index in [1.54, 1.807) is 4.68 Å². The maximum atomic E-state index is 11.9. The number of hydrogen-bond donors (Lipinski definition) is 2. The second kappa shape index (κ2) is 6.49. The standard InChI is InChI=1S/C12H20N4OS/c1-4-9(11(13)18)12(17)14-6-8-7-16(3)15-10(8)5-2/h7,9H,4-6H2,1-3H3,(H2,13,18)(H,14,17). The molecular formula is C12H20N4OS. The van der Waals surface area contributed by atoms with Crippen LogP contribution in [0.15, 0.2) is 6.20 Å². The predicted octanol–water partition coefficient (Wildman–Crippen LogP) is 0.911. The zero-order valence-corrected chi connectivity index (χ0v) is 11.9. The fraction of sp³-hybridized carbons (Fsp3) is 0.583. The quantitative estimate of drug-likeness (QED) is 0.752. The van der Waals surface area contributed by atoms with Crippen molar-refractivity contribution in [2.75, 3.05) is 0 Å². The number of nitrogens with two attached hydrogens (primary N) is 1. The molecule has 0 aliphatic heterocycles. The van der Waals surface area contributed by atoms with Crippen molar-refractivity contribution in [3.8, 4) is 0 Å². The summed E-state index contributed by atoms with van der Waals surface area (Å²) in [6, 6.07) is 0. The lowest BCUT2D eigenvalue weighted by molar-refractivity contribution is -0.123. The van der Waals surface area contributed by atoms with Gasteiger partial charge in [-0.05, 0) is 12.8 Å². The van der Waals surface area contributed by atoms with Crippen LogP contribution < -0.4 is 11.1 Å². The first kappa shape index (κ1) is 14.6. The van der Waals surface area contributed by atoms with Gasteiger partial charge >= 0.3 is 0 Å². The monoisotopic (exact) mass is 268 g/mol. The van der Waals surface area contributed by atoms with Gasteiger partial charge in [-0.15, -0.1) is 0 Å². The van der Waals surface area contributed by atoms with Gasteiger partial charge in [0.1, 0.15) is 0 Å². The van der Waals surface area contributed by atoms with Crippen LogP contribution >= 0.6 is 12.2 Å². The Balaban J connectivity index is 2.64. The van der Waals surface area contributed by atoms with Crippen molar-refractivity contribution in [2.24, 2.45) is 18.7 Å². The highest BCUT2D eigenvalue weighted by atomic mass is 32.1. The first-order valence-corrected chi connectivity index (χ1v) is 6.48. The minimum atomic E-state index is -0.387. The maximum Gasteiger partial charge on any atom is 0.230 e. The van der Waals surface area contributed by atoms with Crippen molar-refractivity contribution in [2.45, 2.75) is 33.2 Å². The Kier molecular flexibility index (Phi) is 5.27. The van der Waals surface area contributed by atoms with Gasteiger partial charge in [0, 0.05) is 25.4 Å². The largest absolute Gasteiger partial charge is 0.393 e. The molecule has 0 fully saturated rings. The smallest absolute Gasteiger partial charge is 0.230 e. The Morgan fingerprint density at radius 2 is 2.28 bits per heavy atom. The van der Waals surface area contributed by atoms with E-state index in [1.165, 1.54) is 0 Å². The molecule has 0 aliphatic carbocycles. The van der Waals surface area contributed by atoms with Crippen LogP contribution in [0.5, 0.6) is 0 Å². The number of carbonyl (C=O) groups is 1. The molecule has 0 spiro atoms. The van der Waals surface area contributed by atoms with E-state index in [0.29, 0.717) is 13.0 Å². The molecule has 0 aromatic carbocycles. The van der Waals surface area contributed by atoms with Crippen LogP contribution in [-0.2, 0) is 24.8 Å². The van der Waals surface area contributed by atoms with Crippen LogP contribution in [0.1, 0.15) is 31.5 Å². The molecule has 1 atom stereocenters. The van der Waals surface area contributed by atoms with E-state index < -0.39 is 0 Å². The summed E-state index contributed by atoms with van der Waals surface area (Å²) in [6.07, 6.45) is 3.38. The van der Waals surface area contributed by atoms with E-state index in [2.05, 4.69) is 10.4 Å². The number of aryl methyl sites for hydroxylation is 2. The van der Waals surface area contributed by atoms with Gasteiger partial charge in [0.2, 0.25) is 5.91 Å². The van der Waals surface area contributed by atoms with Crippen molar-refractivity contribution in [3.63, 3.8) is 0 Å². The summed E-state index contributed by atoms with van der Waals surface area (Å²) in [4.78, 5) is 12.1. The lowest BCUT2D eigenvalue weighted by Gasteiger charge is -2.13. The second-order valence-electron chi connectivity index (χ2n) is 4.21. The molecule has 1 unspecified atom stereocenters. The number of carbonyl (C=O) groups excluding carboxylic acids is 1. The van der Waals surface area contributed by atoms with Gasteiger partial charge in [0.25, 0.3) is 0 Å². The Morgan fingerprint density at radius 3 is 2.78 bits per heavy atom. The highest BCUT2D eigenvalue weighted by Crippen LogP contribution is 2.08. The topological polar surface area (TPSA) is 72.9 Å². The number of aromatic nitrogens is 2. The first-order valence-electron chi connectivity index (χ1n) is 6.08. The number of hydrogen-bond acceptors (Lipinski definition) is 3. The molecule has 1 heterocycles. The number of amides is 1. The van der Waals surface area contributed by atoms with Crippen LogP contribution in [-0.4, -0.2) is 20.7 Å². The average Bonchev–Trinajstić information content (AvgIpc) is 2.67. The number of nitrogens with one attached hydrogen (secondary N) is 1. The number of thiocarbonyl (C=S) groups is 1. The fourth-order valence-corrected chi connectivity index (χ4v) is 2.12. The first-order chi connectivity index (χ1) is 8.49. The fourth-order valence-electron chi connectivity index (χ4n) is 1.85. The summed E-state index contributed by atoms with van der Waals surface area (Å²) in [6.45, 7) is 4.40. The zero-order valence-electron chi connectivity index (χ0n) is 11.1. The highest BCUT2D eigenvalue weighted by molar-refractivity contribution is 7.80. The van der Waals surface area contributed by atoms with Gasteiger partial charge in [0.15, 0.2) is 0 Å². The van der Waals surface area contributed by atoms with Gasteiger partial charge < -0.3 is 11.1 Å². The van der Waals surface area contributed by atoms with Crippen molar-refractivity contribution < 1.29 is 4.79 Å². The summed E-state index contributed by atoms with van der Waals surface area (Å²) < 4.78 is 1.76. The minimum absolute atomic E-state index is 0.115. The summed E-state index contributed by atoms with van der Waals surface area (Å²) in [5, 5.41) is 7.18. The van der Waals surface area contributed by atoms with E-state index >= 15 is 0 Å². The molecule has 1 aromatic rings. The second-order valence-corrected chi connectivity index (χ2v) is 4.68. The Labute approximate surface area is 113 Å². The minimum Gasteiger partial charge on any atom is -0.393 e. The van der Waals surface area contributed by atoms with E-state index in [0.717, 1.165) is 17.7 Å². The van der Waals surface area contributed by atoms with Crippen molar-refractivity contribution >= 4 is 23.1 Å². The third kappa shape index (κ3) is 3.53. The van der Waals surface area contributed by atoms with Gasteiger partial charge in [-0.3, -0.25) is 9.48 Å². The average molecular weight is 268 g/mol. The van der Waals surface area contributed by atoms with Gasteiger partial charge in [-0.2, -0.15) is 5.10 Å². The predicted molar refractivity (Wildman–Crippen MR) is 75.0 cm³/mol. The summed E-state index contributed by atoms with van der Waals surface area (Å²) in [7, 11) is 1.87. The molecular weight excluding hydrogens is 248 g/mol. The Bertz CT molecular complexity index is 441. The van der Waals surface area contributed by atoms with E-state index in [4.69, 9.17) is 18.0 Å². The van der Waals surface area contributed by atoms with Crippen molar-refractivity contribution in [1.82, 2.24) is 15.1 Å². The summed E-state index contributed by atoms with van der Waals surface area (Å²) in [5.74, 6) is -0.502. The van der Waals surface area contributed by atoms with E-state index in [9.17, 15) is 4.79 Å². The maximum absolute atomic E-state index is 11.9. The third-order valence-corrected chi connectivity index (χ3v) is 3.13. The molecule has 5 nitrogen and oxygen atoms in total. The SMILES string of the molecule is CCc1nn(C)cc1CNC(=O)C(CC)C(N)=S. The van der Waals surface area contributed by atoms with E-state index in [-0.39, 0.29) is 16.8 Å². The normalized spacial score (nSPS) is 12.2. The van der Waals surface area contributed by atoms with Crippen molar-refractivity contribution in [3.05, 3.63) is 17.5 Å². The molecule has 1 rings (SSSR count). The van der Waals surface area contributed by atoms with Crippen LogP contribution in [0, 0.1) is 5.92 Å². The molecule has 3 N–H and O–H groups in total. The highest BCUT2D eigenvalue weighted by Gasteiger charge is 2.19. The molecule has 0 saturated carbocycles. The molecule has 6 heteroatoms. The molecule has 0 aliphatic rings. The van der Waals surface area contributed by atoms with Crippen LogP contribution in [0.25, 0.3) is 0 Å². The van der Waals surface area contributed by atoms with Gasteiger partial charge in [-0.1, -0.05) is 26.1 Å². The molecule has 18 heavy (non-hydrogen) atoms. The van der Waals surface area contributed by atoms with Crippen LogP contribution in [0.4, 0.5) is 0 Å². The Morgan fingerprint density at radius 1 is 1.61 bits per heavy atom. The molecule has 100 valence electrons. The molecule has 0 bridgehead atoms. The lowest BCUT2D eigenvalue weighted by atomic mass is 10.1. The summed E-state index contributed by atoms with van der Waals surface area (Å²) in [5.41, 5.74) is 7.57. The Hall–Kier alpha value is -1.43. The number of rotatable bonds is 6. The molecule has 0 saturated heterocycles. The number of nitrogens with zero attached hydrogens (tertiary/aromatic N) is 2. The third-order valence-electron chi connectivity index (χ3n) is 2.85. The zero-order chi connectivity index (χ0) is 13.7. The molecule has 0 radical (unpaired) electrons. The van der Waals surface area contributed by atoms with Crippen molar-refractivity contribution in [1.29, 1.82) is 0 Å². The lowest BCUT2D eigenvalue weighted by Crippen LogP contribution is -2.37. The van der Waals surface area contributed by atoms with Crippen LogP contribution in [0.2, 0.25) is 0 Å². The molecule has 1 amide bonds. The van der Waals surface area contributed by atoms with Gasteiger partial charge in [0.05, 0.1) is 16.6 Å². The van der Waals surface area contributed by atoms with E-state index in [1.807, 2.05) is 27.1 Å². The summed E-state index contributed by atoms with van der Waals surface area (Å²) >= 11 is 4.88. The van der Waals surface area contributed by atoms with Gasteiger partial charge in [-0.25, -0.2) is 0 Å². The molecule has 1 aromatic heterocycles. The van der Waals surface area contributed by atoms with Crippen LogP contribution in [0.3, 0.4) is 0 Å².